The first-order chi connectivity index (χ1) is 9.80. The number of aromatic nitrogens is 2. The van der Waals surface area contributed by atoms with Crippen molar-refractivity contribution in [1.29, 1.82) is 0 Å². The summed E-state index contributed by atoms with van der Waals surface area (Å²) in [7, 11) is 0. The second kappa shape index (κ2) is 6.22. The quantitative estimate of drug-likeness (QED) is 0.926. The molecule has 116 valence electrons. The Hall–Kier alpha value is -1.30. The third-order valence-electron chi connectivity index (χ3n) is 3.69. The van der Waals surface area contributed by atoms with Crippen LogP contribution in [0.5, 0.6) is 0 Å². The van der Waals surface area contributed by atoms with Gasteiger partial charge in [0.05, 0.1) is 11.9 Å². The molecule has 1 aromatic heterocycles. The predicted molar refractivity (Wildman–Crippen MR) is 86.4 cm³/mol. The zero-order chi connectivity index (χ0) is 15.6. The van der Waals surface area contributed by atoms with Gasteiger partial charge in [-0.05, 0) is 6.42 Å². The standard InChI is InChI=1S/C15H23N3O2S/c1-10(2)13-16-9-11(12(17-13)14(19)20)18-6-5-15(3,4)21-8-7-18/h9-10H,5-8H2,1-4H3,(H,19,20). The van der Waals surface area contributed by atoms with E-state index in [1.54, 1.807) is 6.20 Å². The fraction of sp³-hybridized carbons (Fsp3) is 0.667. The molecule has 0 unspecified atom stereocenters. The Morgan fingerprint density at radius 1 is 1.43 bits per heavy atom. The van der Waals surface area contributed by atoms with Gasteiger partial charge in [0, 0.05) is 29.5 Å². The molecule has 1 aromatic rings. The van der Waals surface area contributed by atoms with E-state index in [2.05, 4.69) is 28.7 Å². The topological polar surface area (TPSA) is 66.3 Å². The number of carbonyl (C=O) groups is 1. The average Bonchev–Trinajstić information content (AvgIpc) is 2.59. The smallest absolute Gasteiger partial charge is 0.356 e. The summed E-state index contributed by atoms with van der Waals surface area (Å²) in [5.74, 6) is 0.708. The van der Waals surface area contributed by atoms with Gasteiger partial charge in [-0.2, -0.15) is 11.8 Å². The number of nitrogens with zero attached hydrogens (tertiary/aromatic N) is 3. The van der Waals surface area contributed by atoms with Gasteiger partial charge >= 0.3 is 5.97 Å². The van der Waals surface area contributed by atoms with E-state index in [1.165, 1.54) is 0 Å². The van der Waals surface area contributed by atoms with Gasteiger partial charge in [0.25, 0.3) is 0 Å². The minimum absolute atomic E-state index is 0.121. The van der Waals surface area contributed by atoms with Gasteiger partial charge in [-0.1, -0.05) is 27.7 Å². The summed E-state index contributed by atoms with van der Waals surface area (Å²) in [4.78, 5) is 22.2. The Morgan fingerprint density at radius 3 is 2.76 bits per heavy atom. The molecule has 0 bridgehead atoms. The largest absolute Gasteiger partial charge is 0.476 e. The van der Waals surface area contributed by atoms with Gasteiger partial charge in [-0.25, -0.2) is 14.8 Å². The average molecular weight is 309 g/mol. The molecule has 1 saturated heterocycles. The highest BCUT2D eigenvalue weighted by molar-refractivity contribution is 8.00. The summed E-state index contributed by atoms with van der Waals surface area (Å²) in [6, 6.07) is 0. The van der Waals surface area contributed by atoms with Gasteiger partial charge in [-0.3, -0.25) is 0 Å². The second-order valence-electron chi connectivity index (χ2n) is 6.27. The van der Waals surface area contributed by atoms with Crippen LogP contribution in [0.15, 0.2) is 6.20 Å². The third-order valence-corrected chi connectivity index (χ3v) is 5.06. The van der Waals surface area contributed by atoms with Crippen LogP contribution in [0.1, 0.15) is 56.3 Å². The van der Waals surface area contributed by atoms with E-state index >= 15 is 0 Å². The van der Waals surface area contributed by atoms with Crippen LogP contribution < -0.4 is 4.90 Å². The van der Waals surface area contributed by atoms with Crippen LogP contribution in [0, 0.1) is 0 Å². The summed E-state index contributed by atoms with van der Waals surface area (Å²) < 4.78 is 0.233. The van der Waals surface area contributed by atoms with Crippen molar-refractivity contribution in [2.24, 2.45) is 0 Å². The van der Waals surface area contributed by atoms with Crippen LogP contribution >= 0.6 is 11.8 Å². The molecular weight excluding hydrogens is 286 g/mol. The van der Waals surface area contributed by atoms with Gasteiger partial charge in [0.1, 0.15) is 5.82 Å². The van der Waals surface area contributed by atoms with Gasteiger partial charge in [0.2, 0.25) is 0 Å². The number of carboxylic acids is 1. The molecule has 1 N–H and O–H groups in total. The first-order valence-corrected chi connectivity index (χ1v) is 8.28. The van der Waals surface area contributed by atoms with Gasteiger partial charge in [0.15, 0.2) is 5.69 Å². The molecule has 0 aliphatic carbocycles. The Labute approximate surface area is 130 Å². The van der Waals surface area contributed by atoms with Crippen molar-refractivity contribution in [3.8, 4) is 0 Å². The van der Waals surface area contributed by atoms with Crippen molar-refractivity contribution in [3.05, 3.63) is 17.7 Å². The van der Waals surface area contributed by atoms with Crippen LogP contribution in [0.25, 0.3) is 0 Å². The lowest BCUT2D eigenvalue weighted by Crippen LogP contribution is -2.29. The van der Waals surface area contributed by atoms with Crippen LogP contribution in [-0.2, 0) is 0 Å². The Kier molecular flexibility index (Phi) is 4.76. The molecule has 21 heavy (non-hydrogen) atoms. The van der Waals surface area contributed by atoms with Crippen LogP contribution in [0.3, 0.4) is 0 Å². The van der Waals surface area contributed by atoms with E-state index in [0.717, 1.165) is 25.3 Å². The van der Waals surface area contributed by atoms with E-state index in [1.807, 2.05) is 25.6 Å². The molecule has 6 heteroatoms. The lowest BCUT2D eigenvalue weighted by Gasteiger charge is -2.25. The van der Waals surface area contributed by atoms with E-state index < -0.39 is 5.97 Å². The maximum atomic E-state index is 11.5. The highest BCUT2D eigenvalue weighted by Crippen LogP contribution is 2.33. The van der Waals surface area contributed by atoms with E-state index in [0.29, 0.717) is 11.5 Å². The fourth-order valence-corrected chi connectivity index (χ4v) is 3.42. The molecule has 2 heterocycles. The molecule has 0 aromatic carbocycles. The molecule has 1 fully saturated rings. The molecule has 0 spiro atoms. The van der Waals surface area contributed by atoms with E-state index in [9.17, 15) is 9.90 Å². The Bertz CT molecular complexity index is 532. The van der Waals surface area contributed by atoms with Crippen LogP contribution in [0.2, 0.25) is 0 Å². The summed E-state index contributed by atoms with van der Waals surface area (Å²) >= 11 is 1.93. The molecule has 1 aliphatic rings. The number of rotatable bonds is 3. The van der Waals surface area contributed by atoms with Crippen LogP contribution in [0.4, 0.5) is 5.69 Å². The normalized spacial score (nSPS) is 18.6. The van der Waals surface area contributed by atoms with Gasteiger partial charge in [-0.15, -0.1) is 0 Å². The number of aromatic carboxylic acids is 1. The summed E-state index contributed by atoms with van der Waals surface area (Å²) in [6.07, 6.45) is 2.69. The summed E-state index contributed by atoms with van der Waals surface area (Å²) in [5, 5.41) is 9.45. The first kappa shape index (κ1) is 16.1. The number of hydrogen-bond acceptors (Lipinski definition) is 5. The molecule has 0 saturated carbocycles. The molecule has 0 radical (unpaired) electrons. The van der Waals surface area contributed by atoms with Crippen LogP contribution in [-0.4, -0.2) is 44.6 Å². The van der Waals surface area contributed by atoms with E-state index in [4.69, 9.17) is 0 Å². The van der Waals surface area contributed by atoms with Crippen molar-refractivity contribution in [3.63, 3.8) is 0 Å². The zero-order valence-electron chi connectivity index (χ0n) is 13.1. The monoisotopic (exact) mass is 309 g/mol. The highest BCUT2D eigenvalue weighted by atomic mass is 32.2. The predicted octanol–water partition coefficient (Wildman–Crippen LogP) is 3.02. The molecule has 5 nitrogen and oxygen atoms in total. The van der Waals surface area contributed by atoms with Crippen molar-refractivity contribution in [2.45, 2.75) is 44.8 Å². The summed E-state index contributed by atoms with van der Waals surface area (Å²) in [5.41, 5.74) is 0.767. The Balaban J connectivity index is 2.32. The molecule has 0 amide bonds. The van der Waals surface area contributed by atoms with Crippen molar-refractivity contribution in [1.82, 2.24) is 9.97 Å². The van der Waals surface area contributed by atoms with E-state index in [-0.39, 0.29) is 16.4 Å². The van der Waals surface area contributed by atoms with Crippen molar-refractivity contribution >= 4 is 23.4 Å². The van der Waals surface area contributed by atoms with Crippen molar-refractivity contribution in [2.75, 3.05) is 23.7 Å². The zero-order valence-corrected chi connectivity index (χ0v) is 13.9. The SMILES string of the molecule is CC(C)c1ncc(N2CCSC(C)(C)CC2)c(C(=O)O)n1. The minimum Gasteiger partial charge on any atom is -0.476 e. The maximum Gasteiger partial charge on any atom is 0.356 e. The summed E-state index contributed by atoms with van der Waals surface area (Å²) in [6.45, 7) is 10.1. The number of anilines is 1. The molecule has 0 atom stereocenters. The highest BCUT2D eigenvalue weighted by Gasteiger charge is 2.27. The minimum atomic E-state index is -0.981. The second-order valence-corrected chi connectivity index (χ2v) is 8.07. The maximum absolute atomic E-state index is 11.5. The number of carboxylic acid groups (broad SMARTS) is 1. The molecule has 1 aliphatic heterocycles. The van der Waals surface area contributed by atoms with Crippen molar-refractivity contribution < 1.29 is 9.90 Å². The number of thioether (sulfide) groups is 1. The lowest BCUT2D eigenvalue weighted by molar-refractivity contribution is 0.0690. The molecule has 2 rings (SSSR count). The third kappa shape index (κ3) is 3.87. The van der Waals surface area contributed by atoms with Gasteiger partial charge < -0.3 is 10.0 Å². The number of hydrogen-bond donors (Lipinski definition) is 1. The first-order valence-electron chi connectivity index (χ1n) is 7.29. The fourth-order valence-electron chi connectivity index (χ4n) is 2.32. The lowest BCUT2D eigenvalue weighted by atomic mass is 10.1. The Morgan fingerprint density at radius 2 is 2.14 bits per heavy atom. The molecular formula is C15H23N3O2S.